The summed E-state index contributed by atoms with van der Waals surface area (Å²) in [6.45, 7) is 3.47. The molecule has 0 amide bonds. The number of hydrogen-bond acceptors (Lipinski definition) is 3. The lowest BCUT2D eigenvalue weighted by Gasteiger charge is -1.99. The molecule has 1 aromatic carbocycles. The van der Waals surface area contributed by atoms with Crippen molar-refractivity contribution in [3.05, 3.63) is 39.8 Å². The van der Waals surface area contributed by atoms with Gasteiger partial charge in [-0.1, -0.05) is 11.6 Å². The Labute approximate surface area is 73.5 Å². The molecule has 0 aliphatic carbocycles. The van der Waals surface area contributed by atoms with E-state index in [1.807, 2.05) is 0 Å². The van der Waals surface area contributed by atoms with Crippen molar-refractivity contribution in [2.45, 2.75) is 0 Å². The number of rotatable bonds is 1. The highest BCUT2D eigenvalue weighted by atomic mass is 35.5. The van der Waals surface area contributed by atoms with Gasteiger partial charge >= 0.3 is 5.69 Å². The molecule has 5 heteroatoms. The van der Waals surface area contributed by atoms with Gasteiger partial charge in [-0.25, -0.2) is 0 Å². The van der Waals surface area contributed by atoms with Crippen LogP contribution in [0.5, 0.6) is 5.75 Å². The van der Waals surface area contributed by atoms with Gasteiger partial charge in [-0.3, -0.25) is 10.1 Å². The molecule has 0 heterocycles. The fraction of sp³-hybridized carbons (Fsp3) is 0. The molecule has 0 aliphatic rings. The molecule has 0 bridgehead atoms. The summed E-state index contributed by atoms with van der Waals surface area (Å²) in [5.74, 6) is -0.519. The summed E-state index contributed by atoms with van der Waals surface area (Å²) in [6.07, 6.45) is 0. The number of aromatic hydroxyl groups is 1. The van der Waals surface area contributed by atoms with Crippen LogP contribution in [0.3, 0.4) is 0 Å². The lowest BCUT2D eigenvalue weighted by Crippen LogP contribution is -1.89. The van der Waals surface area contributed by atoms with Gasteiger partial charge < -0.3 is 5.11 Å². The zero-order valence-corrected chi connectivity index (χ0v) is 6.71. The predicted molar refractivity (Wildman–Crippen MR) is 44.2 cm³/mol. The summed E-state index contributed by atoms with van der Waals surface area (Å²) < 4.78 is 0. The van der Waals surface area contributed by atoms with E-state index in [0.29, 0.717) is 5.56 Å². The first-order valence-electron chi connectivity index (χ1n) is 3.01. The summed E-state index contributed by atoms with van der Waals surface area (Å²) in [6, 6.07) is 2.51. The van der Waals surface area contributed by atoms with Crippen LogP contribution in [-0.2, 0) is 0 Å². The smallest absolute Gasteiger partial charge is 0.312 e. The predicted octanol–water partition coefficient (Wildman–Crippen LogP) is 2.14. The largest absolute Gasteiger partial charge is 0.501 e. The highest BCUT2D eigenvalue weighted by molar-refractivity contribution is 6.32. The Hall–Kier alpha value is -1.29. The minimum atomic E-state index is -0.712. The van der Waals surface area contributed by atoms with Crippen LogP contribution >= 0.6 is 11.6 Å². The van der Waals surface area contributed by atoms with Gasteiger partial charge in [0.15, 0.2) is 0 Å². The number of nitrogens with zero attached hydrogens (tertiary/aromatic N) is 1. The first-order chi connectivity index (χ1) is 5.52. The van der Waals surface area contributed by atoms with E-state index in [0.717, 1.165) is 6.07 Å². The fourth-order valence-corrected chi connectivity index (χ4v) is 1.02. The lowest BCUT2D eigenvalue weighted by atomic mass is 10.2. The van der Waals surface area contributed by atoms with E-state index in [1.165, 1.54) is 6.07 Å². The van der Waals surface area contributed by atoms with Crippen molar-refractivity contribution in [1.29, 1.82) is 0 Å². The molecule has 1 rings (SSSR count). The Bertz CT molecular complexity index is 338. The van der Waals surface area contributed by atoms with Crippen LogP contribution in [0.15, 0.2) is 12.1 Å². The van der Waals surface area contributed by atoms with Crippen molar-refractivity contribution in [3.63, 3.8) is 0 Å². The molecular formula is C7H5ClNO3. The maximum Gasteiger partial charge on any atom is 0.312 e. The Morgan fingerprint density at radius 3 is 2.67 bits per heavy atom. The third-order valence-electron chi connectivity index (χ3n) is 1.30. The van der Waals surface area contributed by atoms with Gasteiger partial charge in [0, 0.05) is 6.07 Å². The molecule has 0 aliphatic heterocycles. The standard InChI is InChI=1S/C7H5ClNO3/c1-4-2-5(8)7(10)6(3-4)9(11)12/h2-3,10H,1H2. The summed E-state index contributed by atoms with van der Waals surface area (Å²) >= 11 is 5.47. The minimum absolute atomic E-state index is 0.0609. The lowest BCUT2D eigenvalue weighted by molar-refractivity contribution is -0.385. The highest BCUT2D eigenvalue weighted by Gasteiger charge is 2.16. The van der Waals surface area contributed by atoms with Gasteiger partial charge in [0.25, 0.3) is 0 Å². The maximum absolute atomic E-state index is 10.3. The number of phenolic OH excluding ortho intramolecular Hbond substituents is 1. The average Bonchev–Trinajstić information content (AvgIpc) is 1.96. The summed E-state index contributed by atoms with van der Waals surface area (Å²) in [5.41, 5.74) is -0.0306. The molecule has 1 N–H and O–H groups in total. The second kappa shape index (κ2) is 2.98. The van der Waals surface area contributed by atoms with Crippen LogP contribution in [0.2, 0.25) is 5.02 Å². The maximum atomic E-state index is 10.3. The molecule has 0 fully saturated rings. The zero-order chi connectivity index (χ0) is 9.30. The van der Waals surface area contributed by atoms with Crippen LogP contribution in [0, 0.1) is 17.0 Å². The quantitative estimate of drug-likeness (QED) is 0.540. The van der Waals surface area contributed by atoms with Crippen molar-refractivity contribution in [2.24, 2.45) is 0 Å². The van der Waals surface area contributed by atoms with Gasteiger partial charge in [-0.2, -0.15) is 0 Å². The summed E-state index contributed by atoms with van der Waals surface area (Å²) in [5, 5.41) is 19.3. The number of halogens is 1. The van der Waals surface area contributed by atoms with Crippen molar-refractivity contribution in [2.75, 3.05) is 0 Å². The molecule has 1 aromatic rings. The van der Waals surface area contributed by atoms with Crippen molar-refractivity contribution >= 4 is 17.3 Å². The molecule has 12 heavy (non-hydrogen) atoms. The molecule has 0 atom stereocenters. The summed E-state index contributed by atoms with van der Waals surface area (Å²) in [7, 11) is 0. The average molecular weight is 187 g/mol. The molecule has 63 valence electrons. The van der Waals surface area contributed by atoms with Gasteiger partial charge in [-0.15, -0.1) is 0 Å². The van der Waals surface area contributed by atoms with E-state index >= 15 is 0 Å². The minimum Gasteiger partial charge on any atom is -0.501 e. The third kappa shape index (κ3) is 1.48. The Morgan fingerprint density at radius 2 is 2.17 bits per heavy atom. The van der Waals surface area contributed by atoms with Crippen molar-refractivity contribution in [1.82, 2.24) is 0 Å². The Morgan fingerprint density at radius 1 is 1.58 bits per heavy atom. The molecule has 0 saturated heterocycles. The fourth-order valence-electron chi connectivity index (χ4n) is 0.778. The van der Waals surface area contributed by atoms with Crippen LogP contribution in [0.4, 0.5) is 5.69 Å². The van der Waals surface area contributed by atoms with Crippen LogP contribution < -0.4 is 0 Å². The van der Waals surface area contributed by atoms with Crippen molar-refractivity contribution < 1.29 is 10.0 Å². The van der Waals surface area contributed by atoms with Gasteiger partial charge in [0.05, 0.1) is 9.95 Å². The van der Waals surface area contributed by atoms with Crippen LogP contribution in [0.25, 0.3) is 0 Å². The van der Waals surface area contributed by atoms with E-state index < -0.39 is 16.4 Å². The Kier molecular flexibility index (Phi) is 2.19. The van der Waals surface area contributed by atoms with E-state index in [2.05, 4.69) is 6.92 Å². The third-order valence-corrected chi connectivity index (χ3v) is 1.59. The van der Waals surface area contributed by atoms with E-state index in [1.54, 1.807) is 0 Å². The zero-order valence-electron chi connectivity index (χ0n) is 5.95. The number of phenols is 1. The van der Waals surface area contributed by atoms with Crippen LogP contribution in [0.1, 0.15) is 5.56 Å². The van der Waals surface area contributed by atoms with Crippen molar-refractivity contribution in [3.8, 4) is 5.75 Å². The number of benzene rings is 1. The highest BCUT2D eigenvalue weighted by Crippen LogP contribution is 2.34. The summed E-state index contributed by atoms with van der Waals surface area (Å²) in [4.78, 5) is 9.57. The number of nitro groups is 1. The first kappa shape index (κ1) is 8.80. The normalized spacial score (nSPS) is 9.83. The molecule has 0 unspecified atom stereocenters. The number of hydrogen-bond donors (Lipinski definition) is 1. The monoisotopic (exact) mass is 186 g/mol. The topological polar surface area (TPSA) is 63.4 Å². The Balaban J connectivity index is 3.37. The first-order valence-corrected chi connectivity index (χ1v) is 3.39. The molecular weight excluding hydrogens is 182 g/mol. The second-order valence-electron chi connectivity index (χ2n) is 2.20. The molecule has 0 saturated carbocycles. The molecule has 0 spiro atoms. The number of nitro benzene ring substituents is 1. The van der Waals surface area contributed by atoms with E-state index in [4.69, 9.17) is 16.7 Å². The molecule has 0 aromatic heterocycles. The van der Waals surface area contributed by atoms with E-state index in [-0.39, 0.29) is 5.02 Å². The second-order valence-corrected chi connectivity index (χ2v) is 2.61. The van der Waals surface area contributed by atoms with Gasteiger partial charge in [0.2, 0.25) is 5.75 Å². The SMILES string of the molecule is [CH2]c1cc(Cl)c(O)c([N+](=O)[O-])c1. The van der Waals surface area contributed by atoms with E-state index in [9.17, 15) is 10.1 Å². The molecule has 1 radical (unpaired) electrons. The van der Waals surface area contributed by atoms with Gasteiger partial charge in [-0.05, 0) is 18.6 Å². The van der Waals surface area contributed by atoms with Crippen LogP contribution in [-0.4, -0.2) is 10.0 Å². The molecule has 4 nitrogen and oxygen atoms in total. The van der Waals surface area contributed by atoms with Gasteiger partial charge in [0.1, 0.15) is 0 Å².